The monoisotopic (exact) mass is 420 g/mol. The first-order valence-corrected chi connectivity index (χ1v) is 11.3. The smallest absolute Gasteiger partial charge is 0.173 e. The van der Waals surface area contributed by atoms with Gasteiger partial charge in [0.2, 0.25) is 0 Å². The van der Waals surface area contributed by atoms with Crippen LogP contribution in [0.3, 0.4) is 0 Å². The molecule has 0 amide bonds. The van der Waals surface area contributed by atoms with Crippen molar-refractivity contribution >= 4 is 0 Å². The molecule has 1 saturated heterocycles. The average Bonchev–Trinajstić information content (AvgIpc) is 3.49. The third-order valence-corrected chi connectivity index (χ3v) is 6.65. The van der Waals surface area contributed by atoms with Crippen LogP contribution in [0.25, 0.3) is 0 Å². The second kappa shape index (κ2) is 9.24. The molecule has 31 heavy (non-hydrogen) atoms. The third-order valence-electron chi connectivity index (χ3n) is 6.65. The molecule has 2 heterocycles. The molecule has 6 nitrogen and oxygen atoms in total. The van der Waals surface area contributed by atoms with Gasteiger partial charge in [-0.3, -0.25) is 9.80 Å². The van der Waals surface area contributed by atoms with Crippen LogP contribution < -0.4 is 0 Å². The van der Waals surface area contributed by atoms with E-state index in [1.807, 2.05) is 16.8 Å². The van der Waals surface area contributed by atoms with Gasteiger partial charge in [-0.1, -0.05) is 61.4 Å². The third kappa shape index (κ3) is 4.38. The fourth-order valence-corrected chi connectivity index (χ4v) is 5.01. The Bertz CT molecular complexity index is 976. The van der Waals surface area contributed by atoms with Gasteiger partial charge < -0.3 is 0 Å². The largest absolute Gasteiger partial charge is 0.297 e. The van der Waals surface area contributed by atoms with Gasteiger partial charge in [0.15, 0.2) is 5.82 Å². The van der Waals surface area contributed by atoms with Crippen molar-refractivity contribution < 1.29 is 4.39 Å². The van der Waals surface area contributed by atoms with Crippen LogP contribution in [-0.4, -0.2) is 56.2 Å². The Morgan fingerprint density at radius 1 is 0.903 bits per heavy atom. The lowest BCUT2D eigenvalue weighted by Crippen LogP contribution is -2.48. The maximum atomic E-state index is 14.9. The van der Waals surface area contributed by atoms with Gasteiger partial charge in [0.05, 0.1) is 6.04 Å². The Kier molecular flexibility index (Phi) is 6.04. The van der Waals surface area contributed by atoms with Gasteiger partial charge in [-0.25, -0.2) is 9.07 Å². The normalized spacial score (nSPS) is 19.6. The summed E-state index contributed by atoms with van der Waals surface area (Å²) in [7, 11) is 0. The van der Waals surface area contributed by atoms with Crippen LogP contribution in [0.2, 0.25) is 0 Å². The zero-order valence-corrected chi connectivity index (χ0v) is 17.8. The summed E-state index contributed by atoms with van der Waals surface area (Å²) < 4.78 is 16.9. The fourth-order valence-electron chi connectivity index (χ4n) is 5.01. The number of halogens is 1. The molecule has 1 aliphatic heterocycles. The maximum Gasteiger partial charge on any atom is 0.173 e. The van der Waals surface area contributed by atoms with Crippen molar-refractivity contribution in [3.8, 4) is 0 Å². The van der Waals surface area contributed by atoms with Gasteiger partial charge in [0.25, 0.3) is 0 Å². The Balaban J connectivity index is 1.39. The van der Waals surface area contributed by atoms with Crippen LogP contribution in [-0.2, 0) is 6.54 Å². The molecule has 7 heteroatoms. The van der Waals surface area contributed by atoms with E-state index in [0.717, 1.165) is 51.4 Å². The van der Waals surface area contributed by atoms with Gasteiger partial charge in [0.1, 0.15) is 11.9 Å². The Labute approximate surface area is 182 Å². The number of hydrogen-bond donors (Lipinski definition) is 0. The average molecular weight is 421 g/mol. The molecule has 1 aromatic heterocycles. The van der Waals surface area contributed by atoms with Crippen LogP contribution in [0, 0.1) is 5.82 Å². The molecule has 2 aliphatic rings. The van der Waals surface area contributed by atoms with Crippen molar-refractivity contribution in [1.82, 2.24) is 30.0 Å². The summed E-state index contributed by atoms with van der Waals surface area (Å²) in [5.74, 6) is 0.577. The van der Waals surface area contributed by atoms with Crippen molar-refractivity contribution in [2.45, 2.75) is 44.3 Å². The highest BCUT2D eigenvalue weighted by atomic mass is 19.1. The highest BCUT2D eigenvalue weighted by Gasteiger charge is 2.34. The van der Waals surface area contributed by atoms with Crippen molar-refractivity contribution in [2.24, 2.45) is 0 Å². The molecule has 0 radical (unpaired) electrons. The molecule has 0 N–H and O–H groups in total. The van der Waals surface area contributed by atoms with E-state index in [0.29, 0.717) is 11.6 Å². The van der Waals surface area contributed by atoms with E-state index < -0.39 is 0 Å². The summed E-state index contributed by atoms with van der Waals surface area (Å²) in [5.41, 5.74) is 1.99. The molecule has 0 unspecified atom stereocenters. The lowest BCUT2D eigenvalue weighted by atomic mass is 10.0. The number of benzene rings is 2. The number of tetrazole rings is 1. The first-order valence-electron chi connectivity index (χ1n) is 11.3. The summed E-state index contributed by atoms with van der Waals surface area (Å²) >= 11 is 0. The highest BCUT2D eigenvalue weighted by molar-refractivity contribution is 5.27. The van der Waals surface area contributed by atoms with E-state index in [1.165, 1.54) is 24.5 Å². The second-order valence-electron chi connectivity index (χ2n) is 8.64. The van der Waals surface area contributed by atoms with E-state index >= 15 is 0 Å². The molecule has 1 aliphatic carbocycles. The van der Waals surface area contributed by atoms with Gasteiger partial charge >= 0.3 is 0 Å². The van der Waals surface area contributed by atoms with Crippen LogP contribution in [0.15, 0.2) is 54.6 Å². The van der Waals surface area contributed by atoms with Crippen LogP contribution >= 0.6 is 0 Å². The molecule has 2 aromatic carbocycles. The predicted molar refractivity (Wildman–Crippen MR) is 117 cm³/mol. The number of aromatic nitrogens is 4. The van der Waals surface area contributed by atoms with Crippen molar-refractivity contribution in [3.05, 3.63) is 77.4 Å². The van der Waals surface area contributed by atoms with Crippen LogP contribution in [0.1, 0.15) is 54.7 Å². The van der Waals surface area contributed by atoms with Gasteiger partial charge in [-0.05, 0) is 34.9 Å². The number of hydrogen-bond acceptors (Lipinski definition) is 5. The first kappa shape index (κ1) is 20.3. The predicted octanol–water partition coefficient (Wildman–Crippen LogP) is 3.83. The Morgan fingerprint density at radius 3 is 2.35 bits per heavy atom. The molecular formula is C24H29FN6. The molecule has 162 valence electrons. The minimum Gasteiger partial charge on any atom is -0.297 e. The number of rotatable bonds is 6. The van der Waals surface area contributed by atoms with E-state index in [2.05, 4.69) is 55.7 Å². The number of nitrogens with zero attached hydrogens (tertiary/aromatic N) is 6. The summed E-state index contributed by atoms with van der Waals surface area (Å²) in [6.07, 6.45) is 4.58. The lowest BCUT2D eigenvalue weighted by Gasteiger charge is -2.39. The van der Waals surface area contributed by atoms with E-state index in [1.54, 1.807) is 6.07 Å². The van der Waals surface area contributed by atoms with Crippen molar-refractivity contribution in [3.63, 3.8) is 0 Å². The fraction of sp³-hybridized carbons (Fsp3) is 0.458. The van der Waals surface area contributed by atoms with Gasteiger partial charge in [-0.15, -0.1) is 5.10 Å². The van der Waals surface area contributed by atoms with Crippen molar-refractivity contribution in [2.75, 3.05) is 26.2 Å². The number of piperazine rings is 1. The van der Waals surface area contributed by atoms with Crippen LogP contribution in [0.4, 0.5) is 4.39 Å². The second-order valence-corrected chi connectivity index (χ2v) is 8.64. The van der Waals surface area contributed by atoms with Crippen molar-refractivity contribution in [1.29, 1.82) is 0 Å². The zero-order chi connectivity index (χ0) is 21.0. The minimum atomic E-state index is -0.268. The topological polar surface area (TPSA) is 50.1 Å². The molecule has 2 fully saturated rings. The van der Waals surface area contributed by atoms with Gasteiger partial charge in [0, 0.05) is 38.3 Å². The zero-order valence-electron chi connectivity index (χ0n) is 17.8. The van der Waals surface area contributed by atoms with Gasteiger partial charge in [-0.2, -0.15) is 0 Å². The summed E-state index contributed by atoms with van der Waals surface area (Å²) in [6.45, 7) is 4.52. The molecule has 0 spiro atoms. The molecule has 1 saturated carbocycles. The highest BCUT2D eigenvalue weighted by Crippen LogP contribution is 2.35. The molecular weight excluding hydrogens is 391 g/mol. The standard InChI is InChI=1S/C24H29FN6/c25-22-13-7-6-12-21(22)23(24-26-27-28-31(24)20-10-4-5-11-20)30-16-14-29(15-17-30)18-19-8-2-1-3-9-19/h1-3,6-9,12-13,20,23H,4-5,10-11,14-18H2/t23-/m1/s1. The summed E-state index contributed by atoms with van der Waals surface area (Å²) in [5, 5.41) is 12.8. The Hall–Kier alpha value is -2.64. The van der Waals surface area contributed by atoms with Crippen LogP contribution in [0.5, 0.6) is 0 Å². The molecule has 5 rings (SSSR count). The molecule has 1 atom stereocenters. The SMILES string of the molecule is Fc1ccccc1[C@H](c1nnnn1C1CCCC1)N1CCN(Cc2ccccc2)CC1. The lowest BCUT2D eigenvalue weighted by molar-refractivity contribution is 0.0980. The quantitative estimate of drug-likeness (QED) is 0.607. The van der Waals surface area contributed by atoms with E-state index in [4.69, 9.17) is 0 Å². The summed E-state index contributed by atoms with van der Waals surface area (Å²) in [6, 6.07) is 17.7. The minimum absolute atomic E-state index is 0.194. The molecule has 0 bridgehead atoms. The van der Waals surface area contributed by atoms with E-state index in [9.17, 15) is 4.39 Å². The first-order chi connectivity index (χ1) is 15.3. The maximum absolute atomic E-state index is 14.9. The van der Waals surface area contributed by atoms with E-state index in [-0.39, 0.29) is 11.9 Å². The molecule has 3 aromatic rings. The summed E-state index contributed by atoms with van der Waals surface area (Å²) in [4.78, 5) is 4.81. The Morgan fingerprint density at radius 2 is 1.61 bits per heavy atom.